The van der Waals surface area contributed by atoms with Gasteiger partial charge in [-0.1, -0.05) is 17.3 Å². The molecule has 0 radical (unpaired) electrons. The molecule has 1 saturated heterocycles. The number of methoxy groups -OCH3 is 2. The summed E-state index contributed by atoms with van der Waals surface area (Å²) in [5.41, 5.74) is 1.46. The average molecular weight is 488 g/mol. The number of nitrogens with zero attached hydrogens (tertiary/aromatic N) is 4. The summed E-state index contributed by atoms with van der Waals surface area (Å²) in [4.78, 5) is 21.1. The van der Waals surface area contributed by atoms with Crippen LogP contribution in [0.4, 0.5) is 8.78 Å². The predicted molar refractivity (Wildman–Crippen MR) is 121 cm³/mol. The smallest absolute Gasteiger partial charge is 0.387 e. The van der Waals surface area contributed by atoms with E-state index in [1.807, 2.05) is 29.2 Å². The Morgan fingerprint density at radius 2 is 1.86 bits per heavy atom. The molecule has 0 aliphatic carbocycles. The lowest BCUT2D eigenvalue weighted by Crippen LogP contribution is -2.48. The van der Waals surface area contributed by atoms with Crippen molar-refractivity contribution in [1.82, 2.24) is 19.9 Å². The van der Waals surface area contributed by atoms with Crippen LogP contribution < -0.4 is 14.2 Å². The van der Waals surface area contributed by atoms with Crippen molar-refractivity contribution >= 4 is 5.91 Å². The fourth-order valence-electron chi connectivity index (χ4n) is 3.85. The summed E-state index contributed by atoms with van der Waals surface area (Å²) < 4.78 is 45.2. The summed E-state index contributed by atoms with van der Waals surface area (Å²) in [6.07, 6.45) is 0.328. The first-order valence-electron chi connectivity index (χ1n) is 11.0. The molecule has 2 heterocycles. The molecular formula is C24H26F2N4O5. The molecule has 1 aromatic heterocycles. The van der Waals surface area contributed by atoms with E-state index in [-0.39, 0.29) is 17.4 Å². The number of amides is 1. The van der Waals surface area contributed by atoms with E-state index >= 15 is 0 Å². The third kappa shape index (κ3) is 6.24. The number of benzene rings is 2. The van der Waals surface area contributed by atoms with Gasteiger partial charge in [0.15, 0.2) is 11.5 Å². The third-order valence-electron chi connectivity index (χ3n) is 5.68. The number of carbonyl (C=O) groups is 1. The molecule has 4 rings (SSSR count). The molecule has 11 heteroatoms. The van der Waals surface area contributed by atoms with Crippen molar-refractivity contribution in [2.45, 2.75) is 19.6 Å². The number of aromatic nitrogens is 2. The highest BCUT2D eigenvalue weighted by Crippen LogP contribution is 2.32. The van der Waals surface area contributed by atoms with Gasteiger partial charge in [-0.25, -0.2) is 0 Å². The maximum Gasteiger partial charge on any atom is 0.387 e. The molecular weight excluding hydrogens is 462 g/mol. The lowest BCUT2D eigenvalue weighted by molar-refractivity contribution is -0.132. The maximum absolute atomic E-state index is 12.7. The highest BCUT2D eigenvalue weighted by Gasteiger charge is 2.23. The second kappa shape index (κ2) is 11.1. The monoisotopic (exact) mass is 488 g/mol. The van der Waals surface area contributed by atoms with Crippen molar-refractivity contribution in [3.05, 3.63) is 53.9 Å². The molecule has 0 spiro atoms. The Kier molecular flexibility index (Phi) is 7.76. The summed E-state index contributed by atoms with van der Waals surface area (Å²) in [5.74, 6) is 1.61. The minimum Gasteiger partial charge on any atom is -0.497 e. The molecule has 0 atom stereocenters. The fraction of sp³-hybridized carbons (Fsp3) is 0.375. The van der Waals surface area contributed by atoms with Crippen LogP contribution in [0, 0.1) is 0 Å². The fourth-order valence-corrected chi connectivity index (χ4v) is 3.85. The Hall–Kier alpha value is -3.73. The SMILES string of the molecule is COc1cccc(CC(=O)N2CCN(Cc3nc(-c4ccc(OC(F)F)c(OC)c4)no3)CC2)c1. The normalized spacial score (nSPS) is 14.3. The van der Waals surface area contributed by atoms with E-state index in [0.29, 0.717) is 56.4 Å². The highest BCUT2D eigenvalue weighted by atomic mass is 19.3. The van der Waals surface area contributed by atoms with Crippen LogP contribution in [0.25, 0.3) is 11.4 Å². The van der Waals surface area contributed by atoms with Crippen LogP contribution in [-0.4, -0.2) is 72.9 Å². The van der Waals surface area contributed by atoms with Crippen LogP contribution in [0.1, 0.15) is 11.5 Å². The Labute approximate surface area is 201 Å². The number of piperazine rings is 1. The minimum atomic E-state index is -2.95. The summed E-state index contributed by atoms with van der Waals surface area (Å²) in [7, 11) is 2.96. The zero-order valence-corrected chi connectivity index (χ0v) is 19.4. The maximum atomic E-state index is 12.7. The largest absolute Gasteiger partial charge is 0.497 e. The molecule has 0 bridgehead atoms. The van der Waals surface area contributed by atoms with Crippen LogP contribution in [0.5, 0.6) is 17.2 Å². The van der Waals surface area contributed by atoms with Crippen LogP contribution in [0.2, 0.25) is 0 Å². The molecule has 0 N–H and O–H groups in total. The quantitative estimate of drug-likeness (QED) is 0.454. The van der Waals surface area contributed by atoms with Crippen LogP contribution >= 0.6 is 0 Å². The van der Waals surface area contributed by atoms with Gasteiger partial charge < -0.3 is 23.6 Å². The van der Waals surface area contributed by atoms with Crippen LogP contribution in [-0.2, 0) is 17.8 Å². The van der Waals surface area contributed by atoms with Gasteiger partial charge in [0, 0.05) is 31.7 Å². The van der Waals surface area contributed by atoms with Gasteiger partial charge in [-0.15, -0.1) is 0 Å². The Morgan fingerprint density at radius 3 is 2.57 bits per heavy atom. The Balaban J connectivity index is 1.31. The molecule has 1 amide bonds. The molecule has 1 aliphatic heterocycles. The summed E-state index contributed by atoms with van der Waals surface area (Å²) in [5, 5.41) is 3.99. The lowest BCUT2D eigenvalue weighted by atomic mass is 10.1. The van der Waals surface area contributed by atoms with Crippen molar-refractivity contribution in [3.63, 3.8) is 0 Å². The summed E-state index contributed by atoms with van der Waals surface area (Å²) in [6.45, 7) is 0.0434. The molecule has 35 heavy (non-hydrogen) atoms. The molecule has 9 nitrogen and oxygen atoms in total. The number of ether oxygens (including phenoxy) is 3. The van der Waals surface area contributed by atoms with E-state index < -0.39 is 6.61 Å². The standard InChI is InChI=1S/C24H26F2N4O5/c1-32-18-5-3-4-16(12-18)13-22(31)30-10-8-29(9-11-30)15-21-27-23(28-35-21)17-6-7-19(34-24(25)26)20(14-17)33-2/h3-7,12,14,24H,8-11,13,15H2,1-2H3. The number of halogens is 2. The van der Waals surface area contributed by atoms with Gasteiger partial charge in [-0.2, -0.15) is 13.8 Å². The number of carbonyl (C=O) groups excluding carboxylic acids is 1. The molecule has 3 aromatic rings. The average Bonchev–Trinajstić information content (AvgIpc) is 3.33. The number of hydrogen-bond donors (Lipinski definition) is 0. The van der Waals surface area contributed by atoms with Gasteiger partial charge in [0.1, 0.15) is 5.75 Å². The van der Waals surface area contributed by atoms with Gasteiger partial charge in [0.25, 0.3) is 0 Å². The van der Waals surface area contributed by atoms with E-state index in [1.165, 1.54) is 19.2 Å². The number of rotatable bonds is 9. The molecule has 1 aliphatic rings. The first kappa shape index (κ1) is 24.4. The van der Waals surface area contributed by atoms with Gasteiger partial charge in [0.2, 0.25) is 17.6 Å². The second-order valence-corrected chi connectivity index (χ2v) is 7.94. The molecule has 0 saturated carbocycles. The first-order valence-corrected chi connectivity index (χ1v) is 11.0. The minimum absolute atomic E-state index is 0.0752. The Morgan fingerprint density at radius 1 is 1.06 bits per heavy atom. The molecule has 2 aromatic carbocycles. The van der Waals surface area contributed by atoms with Crippen molar-refractivity contribution in [2.24, 2.45) is 0 Å². The van der Waals surface area contributed by atoms with Crippen molar-refractivity contribution < 1.29 is 32.3 Å². The summed E-state index contributed by atoms with van der Waals surface area (Å²) in [6, 6.07) is 12.0. The number of alkyl halides is 2. The van der Waals surface area contributed by atoms with Crippen molar-refractivity contribution in [2.75, 3.05) is 40.4 Å². The summed E-state index contributed by atoms with van der Waals surface area (Å²) >= 11 is 0. The topological polar surface area (TPSA) is 90.2 Å². The van der Waals surface area contributed by atoms with E-state index in [4.69, 9.17) is 14.0 Å². The third-order valence-corrected chi connectivity index (χ3v) is 5.68. The zero-order valence-electron chi connectivity index (χ0n) is 19.4. The predicted octanol–water partition coefficient (Wildman–Crippen LogP) is 3.24. The lowest BCUT2D eigenvalue weighted by Gasteiger charge is -2.34. The van der Waals surface area contributed by atoms with E-state index in [1.54, 1.807) is 13.2 Å². The van der Waals surface area contributed by atoms with Crippen molar-refractivity contribution in [1.29, 1.82) is 0 Å². The van der Waals surface area contributed by atoms with E-state index in [9.17, 15) is 13.6 Å². The van der Waals surface area contributed by atoms with Crippen molar-refractivity contribution in [3.8, 4) is 28.6 Å². The van der Waals surface area contributed by atoms with Crippen LogP contribution in [0.15, 0.2) is 47.0 Å². The Bertz CT molecular complexity index is 1150. The van der Waals surface area contributed by atoms with Gasteiger partial charge in [-0.05, 0) is 35.9 Å². The zero-order chi connectivity index (χ0) is 24.8. The van der Waals surface area contributed by atoms with Crippen LogP contribution in [0.3, 0.4) is 0 Å². The van der Waals surface area contributed by atoms with Gasteiger partial charge in [-0.3, -0.25) is 9.69 Å². The molecule has 186 valence electrons. The first-order chi connectivity index (χ1) is 16.9. The van der Waals surface area contributed by atoms with E-state index in [0.717, 1.165) is 11.3 Å². The molecule has 0 unspecified atom stereocenters. The molecule has 1 fully saturated rings. The van der Waals surface area contributed by atoms with Gasteiger partial charge >= 0.3 is 6.61 Å². The number of hydrogen-bond acceptors (Lipinski definition) is 8. The second-order valence-electron chi connectivity index (χ2n) is 7.94. The highest BCUT2D eigenvalue weighted by molar-refractivity contribution is 5.79. The van der Waals surface area contributed by atoms with Gasteiger partial charge in [0.05, 0.1) is 27.2 Å². The van der Waals surface area contributed by atoms with E-state index in [2.05, 4.69) is 19.8 Å².